The lowest BCUT2D eigenvalue weighted by atomic mass is 10.0. The molecule has 0 atom stereocenters. The van der Waals surface area contributed by atoms with Gasteiger partial charge in [-0.15, -0.1) is 12.4 Å². The number of rotatable bonds is 5. The van der Waals surface area contributed by atoms with E-state index >= 15 is 0 Å². The Kier molecular flexibility index (Phi) is 6.61. The lowest BCUT2D eigenvalue weighted by molar-refractivity contribution is 0.297. The van der Waals surface area contributed by atoms with Crippen molar-refractivity contribution in [1.82, 2.24) is 9.97 Å². The predicted molar refractivity (Wildman–Crippen MR) is 108 cm³/mol. The van der Waals surface area contributed by atoms with Crippen LogP contribution in [0.5, 0.6) is 5.88 Å². The van der Waals surface area contributed by atoms with Gasteiger partial charge in [0.1, 0.15) is 12.1 Å². The summed E-state index contributed by atoms with van der Waals surface area (Å²) in [6.07, 6.45) is 4.01. The molecule has 0 aliphatic heterocycles. The van der Waals surface area contributed by atoms with Gasteiger partial charge in [0.15, 0.2) is 0 Å². The molecule has 0 fully saturated rings. The molecule has 2 aromatic heterocycles. The Morgan fingerprint density at radius 3 is 2.60 bits per heavy atom. The van der Waals surface area contributed by atoms with Gasteiger partial charge in [-0.2, -0.15) is 0 Å². The van der Waals surface area contributed by atoms with E-state index in [4.69, 9.17) is 27.9 Å². The Bertz CT molecular complexity index is 890. The predicted octanol–water partition coefficient (Wildman–Crippen LogP) is 6.44. The third-order valence-electron chi connectivity index (χ3n) is 4.27. The maximum atomic E-state index is 6.22. The molecule has 0 radical (unpaired) electrons. The van der Waals surface area contributed by atoms with Crippen molar-refractivity contribution in [3.05, 3.63) is 56.8 Å². The number of pyridine rings is 1. The zero-order valence-electron chi connectivity index (χ0n) is 14.5. The zero-order valence-corrected chi connectivity index (χ0v) is 16.8. The summed E-state index contributed by atoms with van der Waals surface area (Å²) in [4.78, 5) is 7.93. The number of nitrogens with one attached hydrogen (secondary N) is 1. The third kappa shape index (κ3) is 4.05. The molecule has 6 heteroatoms. The molecule has 0 unspecified atom stereocenters. The summed E-state index contributed by atoms with van der Waals surface area (Å²) in [5.41, 5.74) is 5.50. The van der Waals surface area contributed by atoms with Gasteiger partial charge in [-0.25, -0.2) is 4.98 Å². The lowest BCUT2D eigenvalue weighted by Gasteiger charge is -2.10. The number of ether oxygens (including phenoxy) is 1. The SMILES string of the molecule is CCCc1cnc(OCc2ccc(Cl)cc2Cl)c2[nH]c(C)c(C)c12.Cl. The van der Waals surface area contributed by atoms with Crippen molar-refractivity contribution >= 4 is 46.5 Å². The lowest BCUT2D eigenvalue weighted by Crippen LogP contribution is -2.00. The van der Waals surface area contributed by atoms with E-state index in [1.54, 1.807) is 6.07 Å². The number of hydrogen-bond acceptors (Lipinski definition) is 2. The second-order valence-electron chi connectivity index (χ2n) is 5.99. The molecule has 2 heterocycles. The smallest absolute Gasteiger partial charge is 0.238 e. The van der Waals surface area contributed by atoms with Crippen LogP contribution in [-0.2, 0) is 13.0 Å². The van der Waals surface area contributed by atoms with Crippen molar-refractivity contribution in [2.45, 2.75) is 40.2 Å². The van der Waals surface area contributed by atoms with Crippen molar-refractivity contribution in [1.29, 1.82) is 0 Å². The summed E-state index contributed by atoms with van der Waals surface area (Å²) in [5.74, 6) is 0.604. The number of benzene rings is 1. The Balaban J connectivity index is 0.00000225. The summed E-state index contributed by atoms with van der Waals surface area (Å²) in [6.45, 7) is 6.73. The monoisotopic (exact) mass is 398 g/mol. The summed E-state index contributed by atoms with van der Waals surface area (Å²) in [6, 6.07) is 5.40. The van der Waals surface area contributed by atoms with Crippen LogP contribution in [0.3, 0.4) is 0 Å². The van der Waals surface area contributed by atoms with Crippen LogP contribution < -0.4 is 4.74 Å². The standard InChI is InChI=1S/C19H20Cl2N2O.ClH/c1-4-5-13-9-22-19(18-17(13)11(2)12(3)23-18)24-10-14-6-7-15(20)8-16(14)21;/h6-9,23H,4-5,10H2,1-3H3;1H. The van der Waals surface area contributed by atoms with E-state index in [9.17, 15) is 0 Å². The number of aromatic nitrogens is 2. The van der Waals surface area contributed by atoms with Crippen LogP contribution in [0.2, 0.25) is 10.0 Å². The van der Waals surface area contributed by atoms with Gasteiger partial charge < -0.3 is 9.72 Å². The number of H-pyrrole nitrogens is 1. The fourth-order valence-electron chi connectivity index (χ4n) is 2.90. The van der Waals surface area contributed by atoms with E-state index in [1.807, 2.05) is 18.3 Å². The first kappa shape index (κ1) is 19.9. The zero-order chi connectivity index (χ0) is 17.3. The van der Waals surface area contributed by atoms with Crippen LogP contribution in [-0.4, -0.2) is 9.97 Å². The molecular weight excluding hydrogens is 379 g/mol. The topological polar surface area (TPSA) is 37.9 Å². The highest BCUT2D eigenvalue weighted by Gasteiger charge is 2.15. The van der Waals surface area contributed by atoms with Crippen LogP contribution >= 0.6 is 35.6 Å². The number of fused-ring (bicyclic) bond motifs is 1. The normalized spacial score (nSPS) is 10.8. The van der Waals surface area contributed by atoms with Crippen LogP contribution in [0.1, 0.15) is 35.7 Å². The van der Waals surface area contributed by atoms with Gasteiger partial charge in [0.2, 0.25) is 5.88 Å². The molecule has 0 aliphatic carbocycles. The van der Waals surface area contributed by atoms with E-state index in [1.165, 1.54) is 16.5 Å². The highest BCUT2D eigenvalue weighted by atomic mass is 35.5. The van der Waals surface area contributed by atoms with Gasteiger partial charge in [-0.3, -0.25) is 0 Å². The molecule has 0 saturated heterocycles. The van der Waals surface area contributed by atoms with Crippen molar-refractivity contribution < 1.29 is 4.74 Å². The van der Waals surface area contributed by atoms with Gasteiger partial charge in [0, 0.05) is 32.9 Å². The van der Waals surface area contributed by atoms with E-state index in [-0.39, 0.29) is 12.4 Å². The molecule has 3 rings (SSSR count). The molecule has 1 N–H and O–H groups in total. The van der Waals surface area contributed by atoms with Crippen LogP contribution in [0.4, 0.5) is 0 Å². The van der Waals surface area contributed by atoms with E-state index in [0.29, 0.717) is 22.5 Å². The van der Waals surface area contributed by atoms with Gasteiger partial charge in [0.05, 0.1) is 0 Å². The number of hydrogen-bond donors (Lipinski definition) is 1. The van der Waals surface area contributed by atoms with Crippen LogP contribution in [0.15, 0.2) is 24.4 Å². The van der Waals surface area contributed by atoms with Crippen molar-refractivity contribution in [2.75, 3.05) is 0 Å². The Morgan fingerprint density at radius 2 is 1.92 bits per heavy atom. The largest absolute Gasteiger partial charge is 0.471 e. The van der Waals surface area contributed by atoms with E-state index in [2.05, 4.69) is 30.7 Å². The van der Waals surface area contributed by atoms with Crippen molar-refractivity contribution in [2.24, 2.45) is 0 Å². The molecule has 3 aromatic rings. The fourth-order valence-corrected chi connectivity index (χ4v) is 3.36. The molecular formula is C19H21Cl3N2O. The summed E-state index contributed by atoms with van der Waals surface area (Å²) in [5, 5.41) is 2.44. The number of aryl methyl sites for hydroxylation is 3. The molecule has 0 aliphatic rings. The molecule has 3 nitrogen and oxygen atoms in total. The van der Waals surface area contributed by atoms with Crippen molar-refractivity contribution in [3.8, 4) is 5.88 Å². The van der Waals surface area contributed by atoms with Crippen LogP contribution in [0.25, 0.3) is 10.9 Å². The Labute approximate surface area is 164 Å². The fraction of sp³-hybridized carbons (Fsp3) is 0.316. The molecule has 1 aromatic carbocycles. The summed E-state index contributed by atoms with van der Waals surface area (Å²) in [7, 11) is 0. The second kappa shape index (κ2) is 8.31. The Hall–Kier alpha value is -1.42. The first-order valence-corrected chi connectivity index (χ1v) is 8.80. The van der Waals surface area contributed by atoms with Crippen LogP contribution in [0, 0.1) is 13.8 Å². The molecule has 25 heavy (non-hydrogen) atoms. The minimum Gasteiger partial charge on any atom is -0.471 e. The summed E-state index contributed by atoms with van der Waals surface area (Å²) >= 11 is 12.2. The van der Waals surface area contributed by atoms with Gasteiger partial charge >= 0.3 is 0 Å². The molecule has 0 bridgehead atoms. The minimum absolute atomic E-state index is 0. The molecule has 0 saturated carbocycles. The second-order valence-corrected chi connectivity index (χ2v) is 6.83. The first-order chi connectivity index (χ1) is 11.5. The molecule has 0 spiro atoms. The van der Waals surface area contributed by atoms with E-state index in [0.717, 1.165) is 29.6 Å². The number of nitrogens with zero attached hydrogens (tertiary/aromatic N) is 1. The Morgan fingerprint density at radius 1 is 1.16 bits per heavy atom. The average molecular weight is 400 g/mol. The quantitative estimate of drug-likeness (QED) is 0.536. The van der Waals surface area contributed by atoms with Crippen molar-refractivity contribution in [3.63, 3.8) is 0 Å². The highest BCUT2D eigenvalue weighted by Crippen LogP contribution is 2.32. The summed E-state index contributed by atoms with van der Waals surface area (Å²) < 4.78 is 5.96. The minimum atomic E-state index is 0. The number of halogens is 3. The maximum absolute atomic E-state index is 6.22. The number of aromatic amines is 1. The maximum Gasteiger partial charge on any atom is 0.238 e. The highest BCUT2D eigenvalue weighted by molar-refractivity contribution is 6.35. The average Bonchev–Trinajstić information content (AvgIpc) is 2.84. The molecule has 134 valence electrons. The van der Waals surface area contributed by atoms with Gasteiger partial charge in [-0.1, -0.05) is 42.6 Å². The molecule has 0 amide bonds. The van der Waals surface area contributed by atoms with E-state index < -0.39 is 0 Å². The first-order valence-electron chi connectivity index (χ1n) is 8.04. The van der Waals surface area contributed by atoms with Gasteiger partial charge in [-0.05, 0) is 43.5 Å². The van der Waals surface area contributed by atoms with Gasteiger partial charge in [0.25, 0.3) is 0 Å². The third-order valence-corrected chi connectivity index (χ3v) is 4.86.